The number of hydrogen-bond acceptors (Lipinski definition) is 5. The first-order chi connectivity index (χ1) is 13.6. The predicted octanol–water partition coefficient (Wildman–Crippen LogP) is 1.68. The first-order valence-corrected chi connectivity index (χ1v) is 8.56. The molecule has 9 nitrogen and oxygen atoms in total. The van der Waals surface area contributed by atoms with E-state index >= 15 is 0 Å². The van der Waals surface area contributed by atoms with Gasteiger partial charge in [-0.15, -0.1) is 0 Å². The van der Waals surface area contributed by atoms with Gasteiger partial charge in [-0.25, -0.2) is 14.3 Å². The third-order valence-corrected chi connectivity index (χ3v) is 4.36. The first kappa shape index (κ1) is 17.5. The van der Waals surface area contributed by atoms with Gasteiger partial charge in [0.15, 0.2) is 5.82 Å². The quantitative estimate of drug-likeness (QED) is 0.727. The van der Waals surface area contributed by atoms with E-state index in [4.69, 9.17) is 4.74 Å². The van der Waals surface area contributed by atoms with Crippen LogP contribution < -0.4 is 20.6 Å². The van der Waals surface area contributed by atoms with Gasteiger partial charge >= 0.3 is 11.7 Å². The zero-order valence-electron chi connectivity index (χ0n) is 15.0. The number of fused-ring (bicyclic) bond motifs is 1. The van der Waals surface area contributed by atoms with Crippen molar-refractivity contribution in [1.82, 2.24) is 14.3 Å². The lowest BCUT2D eigenvalue weighted by atomic mass is 10.3. The van der Waals surface area contributed by atoms with Crippen molar-refractivity contribution in [3.63, 3.8) is 0 Å². The van der Waals surface area contributed by atoms with Gasteiger partial charge in [-0.1, -0.05) is 24.3 Å². The summed E-state index contributed by atoms with van der Waals surface area (Å²) in [5.41, 5.74) is 0.575. The summed E-state index contributed by atoms with van der Waals surface area (Å²) in [7, 11) is 1.53. The van der Waals surface area contributed by atoms with E-state index in [1.165, 1.54) is 12.0 Å². The Morgan fingerprint density at radius 2 is 1.93 bits per heavy atom. The lowest BCUT2D eigenvalue weighted by molar-refractivity contribution is -0.117. The highest BCUT2D eigenvalue weighted by molar-refractivity contribution is 5.96. The highest BCUT2D eigenvalue weighted by Crippen LogP contribution is 2.22. The van der Waals surface area contributed by atoms with Gasteiger partial charge in [0.2, 0.25) is 5.91 Å². The molecule has 0 atom stereocenters. The second-order valence-corrected chi connectivity index (χ2v) is 6.16. The van der Waals surface area contributed by atoms with Crippen molar-refractivity contribution in [2.24, 2.45) is 0 Å². The maximum atomic E-state index is 12.8. The maximum absolute atomic E-state index is 12.8. The summed E-state index contributed by atoms with van der Waals surface area (Å²) in [5.74, 6) is 0.436. The third-order valence-electron chi connectivity index (χ3n) is 4.36. The second-order valence-electron chi connectivity index (χ2n) is 6.16. The van der Waals surface area contributed by atoms with Gasteiger partial charge in [-0.2, -0.15) is 9.67 Å². The van der Waals surface area contributed by atoms with Crippen LogP contribution in [0.3, 0.4) is 0 Å². The molecular formula is C19H17N5O4. The first-order valence-electron chi connectivity index (χ1n) is 8.56. The van der Waals surface area contributed by atoms with E-state index < -0.39 is 17.6 Å². The molecule has 2 amide bonds. The number of para-hydroxylation sites is 1. The number of methoxy groups -OCH3 is 1. The topological polar surface area (TPSA) is 98.5 Å². The number of hydrogen-bond donors (Lipinski definition) is 1. The number of aromatic nitrogens is 3. The molecule has 0 aliphatic carbocycles. The molecule has 2 aromatic carbocycles. The summed E-state index contributed by atoms with van der Waals surface area (Å²) in [5, 5.41) is 2.69. The van der Waals surface area contributed by atoms with Gasteiger partial charge < -0.3 is 10.1 Å². The summed E-state index contributed by atoms with van der Waals surface area (Å²) in [6, 6.07) is 15.5. The summed E-state index contributed by atoms with van der Waals surface area (Å²) >= 11 is 0. The van der Waals surface area contributed by atoms with Crippen LogP contribution in [-0.4, -0.2) is 33.4 Å². The van der Waals surface area contributed by atoms with E-state index in [1.54, 1.807) is 36.4 Å². The third kappa shape index (κ3) is 3.13. The van der Waals surface area contributed by atoms with Crippen molar-refractivity contribution in [2.45, 2.75) is 13.1 Å². The van der Waals surface area contributed by atoms with Crippen molar-refractivity contribution in [2.75, 3.05) is 17.3 Å². The highest BCUT2D eigenvalue weighted by atomic mass is 16.5. The average molecular weight is 379 g/mol. The molecule has 0 fully saturated rings. The van der Waals surface area contributed by atoms with Crippen LogP contribution in [0.1, 0.15) is 5.82 Å². The van der Waals surface area contributed by atoms with Crippen molar-refractivity contribution in [3.8, 4) is 5.75 Å². The summed E-state index contributed by atoms with van der Waals surface area (Å²) < 4.78 is 7.31. The summed E-state index contributed by atoms with van der Waals surface area (Å²) in [6.07, 6.45) is 0. The molecule has 1 N–H and O–H groups in total. The molecule has 0 spiro atoms. The largest absolute Gasteiger partial charge is 0.497 e. The second kappa shape index (κ2) is 7.03. The van der Waals surface area contributed by atoms with Gasteiger partial charge in [0.25, 0.3) is 0 Å². The Morgan fingerprint density at radius 1 is 1.14 bits per heavy atom. The molecule has 28 heavy (non-hydrogen) atoms. The van der Waals surface area contributed by atoms with Crippen LogP contribution in [0.15, 0.2) is 59.4 Å². The summed E-state index contributed by atoms with van der Waals surface area (Å²) in [6.45, 7) is -0.167. The van der Waals surface area contributed by atoms with Gasteiger partial charge in [0.05, 0.1) is 13.7 Å². The minimum absolute atomic E-state index is 0.169. The number of carbonyl (C=O) groups excluding carboxylic acids is 2. The Hall–Kier alpha value is -3.88. The smallest absolute Gasteiger partial charge is 0.365 e. The lowest BCUT2D eigenvalue weighted by Gasteiger charge is -2.15. The standard InChI is InChI=1S/C19H17N5O4/c1-28-15-9-5-6-13(10-15)20-17(25)12-23-18(26)21-16-11-22(19(27)24(16)23)14-7-3-2-4-8-14/h2-10H,11-12H2,1H3,(H,20,25). The number of carbonyl (C=O) groups is 2. The van der Waals surface area contributed by atoms with E-state index in [2.05, 4.69) is 10.3 Å². The fourth-order valence-corrected chi connectivity index (χ4v) is 3.07. The van der Waals surface area contributed by atoms with E-state index in [0.717, 1.165) is 9.36 Å². The minimum atomic E-state index is -0.642. The lowest BCUT2D eigenvalue weighted by Crippen LogP contribution is -2.36. The Kier molecular flexibility index (Phi) is 4.40. The number of nitrogens with one attached hydrogen (secondary N) is 1. The number of rotatable bonds is 5. The molecule has 0 bridgehead atoms. The van der Waals surface area contributed by atoms with Gasteiger partial charge in [-0.05, 0) is 24.3 Å². The number of ether oxygens (including phenoxy) is 1. The van der Waals surface area contributed by atoms with Gasteiger partial charge in [-0.3, -0.25) is 9.69 Å². The molecule has 1 aliphatic rings. The Bertz CT molecular complexity index is 1100. The Labute approximate surface area is 159 Å². The maximum Gasteiger partial charge on any atom is 0.365 e. The van der Waals surface area contributed by atoms with Crippen LogP contribution >= 0.6 is 0 Å². The average Bonchev–Trinajstić information content (AvgIpc) is 3.18. The molecule has 142 valence electrons. The van der Waals surface area contributed by atoms with E-state index in [0.29, 0.717) is 22.9 Å². The van der Waals surface area contributed by atoms with Crippen LogP contribution in [-0.2, 0) is 17.9 Å². The Morgan fingerprint density at radius 3 is 2.68 bits per heavy atom. The van der Waals surface area contributed by atoms with Gasteiger partial charge in [0, 0.05) is 17.4 Å². The molecule has 0 unspecified atom stereocenters. The SMILES string of the molecule is COc1cccc(NC(=O)Cn2c(=O)nc3n2C(=O)N(c2ccccc2)C3)c1. The van der Waals surface area contributed by atoms with Crippen molar-refractivity contribution < 1.29 is 14.3 Å². The molecule has 4 rings (SSSR count). The fraction of sp³-hybridized carbons (Fsp3) is 0.158. The normalized spacial score (nSPS) is 12.8. The van der Waals surface area contributed by atoms with Crippen molar-refractivity contribution in [3.05, 3.63) is 70.9 Å². The van der Waals surface area contributed by atoms with Crippen LogP contribution in [0.4, 0.5) is 16.2 Å². The molecule has 2 heterocycles. The van der Waals surface area contributed by atoms with Crippen LogP contribution in [0, 0.1) is 0 Å². The molecule has 0 radical (unpaired) electrons. The van der Waals surface area contributed by atoms with Crippen LogP contribution in [0.2, 0.25) is 0 Å². The minimum Gasteiger partial charge on any atom is -0.497 e. The predicted molar refractivity (Wildman–Crippen MR) is 102 cm³/mol. The van der Waals surface area contributed by atoms with Crippen LogP contribution in [0.25, 0.3) is 0 Å². The van der Waals surface area contributed by atoms with E-state index in [-0.39, 0.29) is 13.1 Å². The molecular weight excluding hydrogens is 362 g/mol. The van der Waals surface area contributed by atoms with Crippen molar-refractivity contribution in [1.29, 1.82) is 0 Å². The molecule has 1 aromatic heterocycles. The molecule has 1 aliphatic heterocycles. The molecule has 9 heteroatoms. The Balaban J connectivity index is 1.55. The van der Waals surface area contributed by atoms with Crippen molar-refractivity contribution >= 4 is 23.3 Å². The summed E-state index contributed by atoms with van der Waals surface area (Å²) in [4.78, 5) is 42.8. The van der Waals surface area contributed by atoms with Crippen LogP contribution in [0.5, 0.6) is 5.75 Å². The molecule has 0 saturated heterocycles. The number of anilines is 2. The van der Waals surface area contributed by atoms with E-state index in [1.807, 2.05) is 18.2 Å². The number of nitrogens with zero attached hydrogens (tertiary/aromatic N) is 4. The molecule has 3 aromatic rings. The van der Waals surface area contributed by atoms with Gasteiger partial charge in [0.1, 0.15) is 12.3 Å². The highest BCUT2D eigenvalue weighted by Gasteiger charge is 2.33. The molecule has 0 saturated carbocycles. The number of amides is 2. The zero-order valence-corrected chi connectivity index (χ0v) is 15.0. The monoisotopic (exact) mass is 379 g/mol. The van der Waals surface area contributed by atoms with E-state index in [9.17, 15) is 14.4 Å². The number of benzene rings is 2. The zero-order chi connectivity index (χ0) is 19.7. The fourth-order valence-electron chi connectivity index (χ4n) is 3.07.